The van der Waals surface area contributed by atoms with E-state index in [0.29, 0.717) is 40.2 Å². The lowest BCUT2D eigenvalue weighted by molar-refractivity contribution is -0.122. The Balaban J connectivity index is 1.54. The molecule has 1 N–H and O–H groups in total. The summed E-state index contributed by atoms with van der Waals surface area (Å²) in [4.78, 5) is 12.9. The van der Waals surface area contributed by atoms with Crippen molar-refractivity contribution in [3.63, 3.8) is 0 Å². The highest BCUT2D eigenvalue weighted by Gasteiger charge is 2.22. The SMILES string of the molecule is CC[C@@H](Oc1ccccc1-c1nnc(-c2ccccc2)o1)C(=O)Nc1ccc(C)c(Cl)c1. The van der Waals surface area contributed by atoms with Gasteiger partial charge in [-0.1, -0.05) is 54.9 Å². The lowest BCUT2D eigenvalue weighted by Gasteiger charge is -2.19. The monoisotopic (exact) mass is 447 g/mol. The Bertz CT molecular complexity index is 1220. The summed E-state index contributed by atoms with van der Waals surface area (Å²) in [5.74, 6) is 0.953. The average molecular weight is 448 g/mol. The molecule has 0 radical (unpaired) electrons. The first kappa shape index (κ1) is 21.6. The largest absolute Gasteiger partial charge is 0.480 e. The van der Waals surface area contributed by atoms with E-state index in [1.54, 1.807) is 12.1 Å². The van der Waals surface area contributed by atoms with Crippen molar-refractivity contribution >= 4 is 23.2 Å². The third-order valence-corrected chi connectivity index (χ3v) is 5.34. The molecule has 162 valence electrons. The van der Waals surface area contributed by atoms with Crippen LogP contribution < -0.4 is 10.1 Å². The summed E-state index contributed by atoms with van der Waals surface area (Å²) in [5.41, 5.74) is 3.00. The Labute approximate surface area is 191 Å². The Hall–Kier alpha value is -3.64. The molecule has 0 bridgehead atoms. The van der Waals surface area contributed by atoms with Gasteiger partial charge in [0.2, 0.25) is 5.89 Å². The molecule has 0 fully saturated rings. The molecule has 0 aliphatic heterocycles. The van der Waals surface area contributed by atoms with Gasteiger partial charge in [0.15, 0.2) is 6.10 Å². The molecule has 0 spiro atoms. The van der Waals surface area contributed by atoms with Gasteiger partial charge in [0.25, 0.3) is 11.8 Å². The number of halogens is 1. The molecule has 0 unspecified atom stereocenters. The van der Waals surface area contributed by atoms with Crippen molar-refractivity contribution in [2.75, 3.05) is 5.32 Å². The van der Waals surface area contributed by atoms with Crippen LogP contribution in [-0.2, 0) is 4.79 Å². The van der Waals surface area contributed by atoms with Crippen LogP contribution in [0.3, 0.4) is 0 Å². The van der Waals surface area contributed by atoms with E-state index in [1.165, 1.54) is 0 Å². The predicted octanol–water partition coefficient (Wildman–Crippen LogP) is 6.16. The highest BCUT2D eigenvalue weighted by atomic mass is 35.5. The molecule has 6 nitrogen and oxygen atoms in total. The zero-order chi connectivity index (χ0) is 22.5. The van der Waals surface area contributed by atoms with Crippen LogP contribution >= 0.6 is 11.6 Å². The maximum absolute atomic E-state index is 12.9. The lowest BCUT2D eigenvalue weighted by Crippen LogP contribution is -2.32. The van der Waals surface area contributed by atoms with Gasteiger partial charge in [-0.15, -0.1) is 10.2 Å². The van der Waals surface area contributed by atoms with Crippen LogP contribution in [0.4, 0.5) is 5.69 Å². The summed E-state index contributed by atoms with van der Waals surface area (Å²) in [5, 5.41) is 11.8. The highest BCUT2D eigenvalue weighted by molar-refractivity contribution is 6.31. The van der Waals surface area contributed by atoms with Crippen LogP contribution in [0.1, 0.15) is 18.9 Å². The van der Waals surface area contributed by atoms with Crippen molar-refractivity contribution in [3.8, 4) is 28.7 Å². The molecule has 1 atom stereocenters. The normalized spacial score (nSPS) is 11.7. The van der Waals surface area contributed by atoms with Crippen molar-refractivity contribution in [2.24, 2.45) is 0 Å². The average Bonchev–Trinajstić information content (AvgIpc) is 3.31. The fourth-order valence-electron chi connectivity index (χ4n) is 3.14. The van der Waals surface area contributed by atoms with Gasteiger partial charge >= 0.3 is 0 Å². The number of rotatable bonds is 7. The van der Waals surface area contributed by atoms with Crippen LogP contribution in [-0.4, -0.2) is 22.2 Å². The molecule has 32 heavy (non-hydrogen) atoms. The van der Waals surface area contributed by atoms with Gasteiger partial charge in [-0.2, -0.15) is 0 Å². The highest BCUT2D eigenvalue weighted by Crippen LogP contribution is 2.32. The second-order valence-electron chi connectivity index (χ2n) is 7.24. The Morgan fingerprint density at radius 1 is 1.03 bits per heavy atom. The van der Waals surface area contributed by atoms with E-state index >= 15 is 0 Å². The third-order valence-electron chi connectivity index (χ3n) is 4.94. The minimum atomic E-state index is -0.715. The van der Waals surface area contributed by atoms with E-state index in [-0.39, 0.29) is 5.91 Å². The molecule has 1 amide bonds. The van der Waals surface area contributed by atoms with Crippen LogP contribution in [0.5, 0.6) is 5.75 Å². The number of benzene rings is 3. The fourth-order valence-corrected chi connectivity index (χ4v) is 3.32. The lowest BCUT2D eigenvalue weighted by atomic mass is 10.1. The number of aryl methyl sites for hydroxylation is 1. The van der Waals surface area contributed by atoms with Gasteiger partial charge in [0, 0.05) is 16.3 Å². The fraction of sp³-hybridized carbons (Fsp3) is 0.160. The predicted molar refractivity (Wildman–Crippen MR) is 125 cm³/mol. The Morgan fingerprint density at radius 2 is 1.75 bits per heavy atom. The van der Waals surface area contributed by atoms with Crippen LogP contribution in [0.25, 0.3) is 22.9 Å². The molecule has 0 saturated heterocycles. The summed E-state index contributed by atoms with van der Waals surface area (Å²) < 4.78 is 12.0. The third kappa shape index (κ3) is 4.81. The van der Waals surface area contributed by atoms with Crippen LogP contribution in [0, 0.1) is 6.92 Å². The minimum absolute atomic E-state index is 0.266. The molecule has 0 aliphatic carbocycles. The van der Waals surface area contributed by atoms with E-state index in [4.69, 9.17) is 20.8 Å². The molecule has 1 aromatic heterocycles. The van der Waals surface area contributed by atoms with Crippen LogP contribution in [0.2, 0.25) is 5.02 Å². The van der Waals surface area contributed by atoms with Crippen molar-refractivity contribution in [1.82, 2.24) is 10.2 Å². The molecule has 3 aromatic carbocycles. The summed E-state index contributed by atoms with van der Waals surface area (Å²) in [6.45, 7) is 3.79. The zero-order valence-electron chi connectivity index (χ0n) is 17.7. The zero-order valence-corrected chi connectivity index (χ0v) is 18.5. The Morgan fingerprint density at radius 3 is 2.50 bits per heavy atom. The topological polar surface area (TPSA) is 77.2 Å². The van der Waals surface area contributed by atoms with Crippen molar-refractivity contribution in [1.29, 1.82) is 0 Å². The molecule has 1 heterocycles. The number of ether oxygens (including phenoxy) is 1. The van der Waals surface area contributed by atoms with E-state index < -0.39 is 6.10 Å². The molecule has 7 heteroatoms. The first-order chi connectivity index (χ1) is 15.5. The van der Waals surface area contributed by atoms with E-state index in [1.807, 2.05) is 74.5 Å². The number of nitrogens with one attached hydrogen (secondary N) is 1. The number of carbonyl (C=O) groups is 1. The van der Waals surface area contributed by atoms with Gasteiger partial charge in [0.1, 0.15) is 5.75 Å². The smallest absolute Gasteiger partial charge is 0.265 e. The number of aromatic nitrogens is 2. The van der Waals surface area contributed by atoms with Gasteiger partial charge in [-0.05, 0) is 55.3 Å². The number of amides is 1. The second-order valence-corrected chi connectivity index (χ2v) is 7.65. The standard InChI is InChI=1S/C25H22ClN3O3/c1-3-21(23(30)27-18-14-13-16(2)20(26)15-18)31-22-12-8-7-11-19(22)25-29-28-24(32-25)17-9-5-4-6-10-17/h4-15,21H,3H2,1-2H3,(H,27,30)/t21-/m1/s1. The van der Waals surface area contributed by atoms with E-state index in [9.17, 15) is 4.79 Å². The maximum atomic E-state index is 12.9. The molecule has 4 aromatic rings. The first-order valence-corrected chi connectivity index (χ1v) is 10.6. The maximum Gasteiger partial charge on any atom is 0.265 e. The number of hydrogen-bond acceptors (Lipinski definition) is 5. The summed E-state index contributed by atoms with van der Waals surface area (Å²) in [6, 6.07) is 22.2. The number of hydrogen-bond donors (Lipinski definition) is 1. The minimum Gasteiger partial charge on any atom is -0.480 e. The van der Waals surface area contributed by atoms with E-state index in [0.717, 1.165) is 11.1 Å². The van der Waals surface area contributed by atoms with Crippen molar-refractivity contribution in [2.45, 2.75) is 26.4 Å². The number of carbonyl (C=O) groups excluding carboxylic acids is 1. The van der Waals surface area contributed by atoms with E-state index in [2.05, 4.69) is 15.5 Å². The number of nitrogens with zero attached hydrogens (tertiary/aromatic N) is 2. The molecular weight excluding hydrogens is 426 g/mol. The Kier molecular flexibility index (Phi) is 6.52. The second kappa shape index (κ2) is 9.66. The van der Waals surface area contributed by atoms with Gasteiger partial charge < -0.3 is 14.5 Å². The van der Waals surface area contributed by atoms with Crippen molar-refractivity contribution in [3.05, 3.63) is 83.4 Å². The quantitative estimate of drug-likeness (QED) is 0.367. The van der Waals surface area contributed by atoms with Crippen LogP contribution in [0.15, 0.2) is 77.2 Å². The summed E-state index contributed by atoms with van der Waals surface area (Å²) >= 11 is 6.17. The number of anilines is 1. The van der Waals surface area contributed by atoms with Gasteiger partial charge in [-0.25, -0.2) is 0 Å². The van der Waals surface area contributed by atoms with Crippen molar-refractivity contribution < 1.29 is 13.9 Å². The summed E-state index contributed by atoms with van der Waals surface area (Å²) in [7, 11) is 0. The van der Waals surface area contributed by atoms with Gasteiger partial charge in [-0.3, -0.25) is 4.79 Å². The first-order valence-electron chi connectivity index (χ1n) is 10.3. The molecule has 0 saturated carbocycles. The number of para-hydroxylation sites is 1. The molecule has 4 rings (SSSR count). The molecule has 0 aliphatic rings. The summed E-state index contributed by atoms with van der Waals surface area (Å²) in [6.07, 6.45) is -0.244. The van der Waals surface area contributed by atoms with Gasteiger partial charge in [0.05, 0.1) is 5.56 Å². The molecular formula is C25H22ClN3O3.